The fourth-order valence-electron chi connectivity index (χ4n) is 4.75. The van der Waals surface area contributed by atoms with E-state index in [-0.39, 0.29) is 29.9 Å². The van der Waals surface area contributed by atoms with E-state index in [1.165, 1.54) is 6.07 Å². The zero-order chi connectivity index (χ0) is 23.2. The lowest BCUT2D eigenvalue weighted by atomic mass is 9.95. The number of pyridine rings is 1. The summed E-state index contributed by atoms with van der Waals surface area (Å²) in [6.07, 6.45) is 0.781. The first-order chi connectivity index (χ1) is 15.8. The molecule has 2 aromatic heterocycles. The minimum atomic E-state index is -4.44. The van der Waals surface area contributed by atoms with Crippen molar-refractivity contribution in [2.45, 2.75) is 43.6 Å². The van der Waals surface area contributed by atoms with Gasteiger partial charge >= 0.3 is 6.18 Å². The predicted molar refractivity (Wildman–Crippen MR) is 112 cm³/mol. The van der Waals surface area contributed by atoms with Crippen molar-refractivity contribution in [3.05, 3.63) is 71.9 Å². The summed E-state index contributed by atoms with van der Waals surface area (Å²) in [7, 11) is 0. The van der Waals surface area contributed by atoms with Crippen LogP contribution in [-0.2, 0) is 6.18 Å². The first kappa shape index (κ1) is 21.3. The molecule has 5 rings (SSSR count). The van der Waals surface area contributed by atoms with Gasteiger partial charge in [0, 0.05) is 23.8 Å². The highest BCUT2D eigenvalue weighted by Crippen LogP contribution is 2.41. The van der Waals surface area contributed by atoms with E-state index in [9.17, 15) is 22.4 Å². The second-order valence-corrected chi connectivity index (χ2v) is 8.20. The van der Waals surface area contributed by atoms with Gasteiger partial charge in [0.2, 0.25) is 0 Å². The number of aromatic nitrogens is 3. The van der Waals surface area contributed by atoms with Gasteiger partial charge < -0.3 is 10.2 Å². The molecule has 2 aliphatic rings. The summed E-state index contributed by atoms with van der Waals surface area (Å²) in [5.74, 6) is -0.134. The van der Waals surface area contributed by atoms with Crippen molar-refractivity contribution in [3.8, 4) is 11.4 Å². The molecular formula is C23H19F4N5O. The van der Waals surface area contributed by atoms with Crippen molar-refractivity contribution in [2.75, 3.05) is 5.32 Å². The molecule has 2 bridgehead atoms. The topological polar surface area (TPSA) is 71.0 Å². The van der Waals surface area contributed by atoms with Gasteiger partial charge in [0.1, 0.15) is 5.82 Å². The van der Waals surface area contributed by atoms with Gasteiger partial charge in [-0.05, 0) is 37.5 Å². The fraction of sp³-hybridized carbons (Fsp3) is 0.304. The van der Waals surface area contributed by atoms with E-state index in [1.54, 1.807) is 24.3 Å². The maximum atomic E-state index is 13.5. The summed E-state index contributed by atoms with van der Waals surface area (Å²) in [5, 5.41) is 3.20. The van der Waals surface area contributed by atoms with Crippen molar-refractivity contribution >= 4 is 11.7 Å². The van der Waals surface area contributed by atoms with Gasteiger partial charge in [-0.2, -0.15) is 13.2 Å². The highest BCUT2D eigenvalue weighted by Gasteiger charge is 2.49. The van der Waals surface area contributed by atoms with Crippen molar-refractivity contribution in [2.24, 2.45) is 0 Å². The van der Waals surface area contributed by atoms with Gasteiger partial charge in [-0.1, -0.05) is 18.2 Å². The number of rotatable bonds is 4. The van der Waals surface area contributed by atoms with Gasteiger partial charge in [-0.3, -0.25) is 4.79 Å². The van der Waals surface area contributed by atoms with Crippen LogP contribution in [-0.4, -0.2) is 43.9 Å². The normalized spacial score (nSPS) is 21.9. The molecule has 0 unspecified atom stereocenters. The molecule has 0 aliphatic carbocycles. The summed E-state index contributed by atoms with van der Waals surface area (Å²) < 4.78 is 51.6. The van der Waals surface area contributed by atoms with Crippen molar-refractivity contribution in [1.29, 1.82) is 0 Å². The Morgan fingerprint density at radius 3 is 2.45 bits per heavy atom. The molecule has 0 spiro atoms. The van der Waals surface area contributed by atoms with Crippen LogP contribution in [0, 0.1) is 5.82 Å². The van der Waals surface area contributed by atoms with E-state index in [4.69, 9.17) is 0 Å². The Labute approximate surface area is 186 Å². The molecule has 10 heteroatoms. The number of amides is 1. The van der Waals surface area contributed by atoms with Gasteiger partial charge in [0.15, 0.2) is 11.6 Å². The van der Waals surface area contributed by atoms with Crippen LogP contribution < -0.4 is 5.32 Å². The third kappa shape index (κ3) is 4.01. The quantitative estimate of drug-likeness (QED) is 0.582. The Hall–Kier alpha value is -3.56. The lowest BCUT2D eigenvalue weighted by molar-refractivity contribution is -0.137. The van der Waals surface area contributed by atoms with Crippen LogP contribution in [0.15, 0.2) is 55.0 Å². The molecular weight excluding hydrogens is 438 g/mol. The van der Waals surface area contributed by atoms with Gasteiger partial charge in [-0.15, -0.1) is 0 Å². The van der Waals surface area contributed by atoms with Gasteiger partial charge in [0.05, 0.1) is 29.6 Å². The minimum Gasteiger partial charge on any atom is -0.365 e. The van der Waals surface area contributed by atoms with Gasteiger partial charge in [0.25, 0.3) is 5.91 Å². The molecule has 4 heterocycles. The number of carbonyl (C=O) groups excluding carboxylic acids is 1. The van der Waals surface area contributed by atoms with Crippen molar-refractivity contribution < 1.29 is 22.4 Å². The largest absolute Gasteiger partial charge is 0.417 e. The molecule has 3 atom stereocenters. The Morgan fingerprint density at radius 2 is 1.76 bits per heavy atom. The maximum Gasteiger partial charge on any atom is 0.417 e. The molecule has 2 saturated heterocycles. The zero-order valence-electron chi connectivity index (χ0n) is 17.3. The summed E-state index contributed by atoms with van der Waals surface area (Å²) in [5.41, 5.74) is 0.134. The van der Waals surface area contributed by atoms with Crippen LogP contribution in [0.5, 0.6) is 0 Å². The Kier molecular flexibility index (Phi) is 5.22. The van der Waals surface area contributed by atoms with Crippen LogP contribution in [0.2, 0.25) is 0 Å². The Balaban J connectivity index is 1.36. The van der Waals surface area contributed by atoms with Crippen LogP contribution in [0.25, 0.3) is 11.4 Å². The third-order valence-corrected chi connectivity index (χ3v) is 6.21. The monoisotopic (exact) mass is 457 g/mol. The number of benzene rings is 1. The number of hydrogen-bond acceptors (Lipinski definition) is 5. The number of hydrogen-bond donors (Lipinski definition) is 1. The number of nitrogens with zero attached hydrogens (tertiary/aromatic N) is 4. The number of halogens is 4. The van der Waals surface area contributed by atoms with Crippen molar-refractivity contribution in [3.63, 3.8) is 0 Å². The number of nitrogens with one attached hydrogen (secondary N) is 1. The average molecular weight is 457 g/mol. The molecule has 2 fully saturated rings. The SMILES string of the molecule is O=C(c1ccccc1-c1ncc(F)cn1)N1[C@@H]2CC[C@H]1[C@H](Nc1ccc(C(F)(F)F)cn1)C2. The Bertz CT molecular complexity index is 1170. The molecule has 1 aromatic carbocycles. The number of carbonyl (C=O) groups is 1. The second-order valence-electron chi connectivity index (χ2n) is 8.20. The van der Waals surface area contributed by atoms with E-state index in [1.807, 2.05) is 4.90 Å². The Morgan fingerprint density at radius 1 is 1.00 bits per heavy atom. The second kappa shape index (κ2) is 8.09. The molecule has 3 aromatic rings. The molecule has 170 valence electrons. The van der Waals surface area contributed by atoms with E-state index in [2.05, 4.69) is 20.3 Å². The van der Waals surface area contributed by atoms with E-state index >= 15 is 0 Å². The summed E-state index contributed by atoms with van der Waals surface area (Å²) >= 11 is 0. The first-order valence-electron chi connectivity index (χ1n) is 10.5. The summed E-state index contributed by atoms with van der Waals surface area (Å²) in [4.78, 5) is 27.3. The van der Waals surface area contributed by atoms with E-state index in [0.717, 1.165) is 37.5 Å². The van der Waals surface area contributed by atoms with Crippen LogP contribution in [0.4, 0.5) is 23.4 Å². The minimum absolute atomic E-state index is 0.0108. The van der Waals surface area contributed by atoms with Crippen molar-refractivity contribution in [1.82, 2.24) is 19.9 Å². The predicted octanol–water partition coefficient (Wildman–Crippen LogP) is 4.55. The lowest BCUT2D eigenvalue weighted by Gasteiger charge is -2.26. The zero-order valence-corrected chi connectivity index (χ0v) is 17.3. The summed E-state index contributed by atoms with van der Waals surface area (Å²) in [6.45, 7) is 0. The molecule has 6 nitrogen and oxygen atoms in total. The van der Waals surface area contributed by atoms with Crippen LogP contribution >= 0.6 is 0 Å². The average Bonchev–Trinajstić information content (AvgIpc) is 3.37. The highest BCUT2D eigenvalue weighted by atomic mass is 19.4. The van der Waals surface area contributed by atoms with Gasteiger partial charge in [-0.25, -0.2) is 19.3 Å². The van der Waals surface area contributed by atoms with E-state index < -0.39 is 17.6 Å². The molecule has 0 saturated carbocycles. The first-order valence-corrected chi connectivity index (χ1v) is 10.5. The number of anilines is 1. The van der Waals surface area contributed by atoms with E-state index in [0.29, 0.717) is 23.4 Å². The summed E-state index contributed by atoms with van der Waals surface area (Å²) in [6, 6.07) is 9.00. The molecule has 1 N–H and O–H groups in total. The molecule has 33 heavy (non-hydrogen) atoms. The molecule has 2 aliphatic heterocycles. The smallest absolute Gasteiger partial charge is 0.365 e. The lowest BCUT2D eigenvalue weighted by Crippen LogP contribution is -2.40. The number of alkyl halides is 3. The maximum absolute atomic E-state index is 13.5. The third-order valence-electron chi connectivity index (χ3n) is 6.21. The molecule has 0 radical (unpaired) electrons. The molecule has 1 amide bonds. The highest BCUT2D eigenvalue weighted by molar-refractivity contribution is 6.00. The van der Waals surface area contributed by atoms with Crippen LogP contribution in [0.1, 0.15) is 35.2 Å². The van der Waals surface area contributed by atoms with Crippen LogP contribution in [0.3, 0.4) is 0 Å². The number of fused-ring (bicyclic) bond motifs is 2. The standard InChI is InChI=1S/C23H19F4N5O/c24-14-11-29-21(30-12-14)16-3-1-2-4-17(16)22(33)32-15-6-7-19(32)18(9-15)31-20-8-5-13(10-28-20)23(25,26)27/h1-5,8,10-12,15,18-19H,6-7,9H2,(H,28,31)/t15-,18-,19+/m1/s1. The fourth-order valence-corrected chi connectivity index (χ4v) is 4.75.